The van der Waals surface area contributed by atoms with E-state index in [0.29, 0.717) is 12.0 Å². The van der Waals surface area contributed by atoms with Gasteiger partial charge in [0.1, 0.15) is 5.69 Å². The largest absolute Gasteiger partial charge is 0.350 e. The molecule has 1 aromatic heterocycles. The maximum absolute atomic E-state index is 12.4. The number of rotatable bonds is 4. The lowest BCUT2D eigenvalue weighted by Gasteiger charge is -2.26. The number of nitrogens with one attached hydrogen (secondary N) is 2. The summed E-state index contributed by atoms with van der Waals surface area (Å²) in [5, 5.41) is 6.49. The SMILES string of the molecule is O=C(NCC1CCSC1)c1cccn1C1CCNCC1. The number of thioether (sulfide) groups is 1. The van der Waals surface area contributed by atoms with Crippen LogP contribution in [0.4, 0.5) is 0 Å². The number of aromatic nitrogens is 1. The fourth-order valence-electron chi connectivity index (χ4n) is 3.06. The van der Waals surface area contributed by atoms with E-state index in [-0.39, 0.29) is 5.91 Å². The average Bonchev–Trinajstić information content (AvgIpc) is 3.17. The lowest BCUT2D eigenvalue weighted by Crippen LogP contribution is -2.34. The Kier molecular flexibility index (Phi) is 4.68. The van der Waals surface area contributed by atoms with Crippen LogP contribution in [0.1, 0.15) is 35.8 Å². The van der Waals surface area contributed by atoms with Crippen LogP contribution >= 0.6 is 11.8 Å². The van der Waals surface area contributed by atoms with Crippen molar-refractivity contribution in [2.75, 3.05) is 31.1 Å². The number of hydrogen-bond acceptors (Lipinski definition) is 3. The molecule has 110 valence electrons. The van der Waals surface area contributed by atoms with Crippen molar-refractivity contribution in [2.24, 2.45) is 5.92 Å². The maximum atomic E-state index is 12.4. The summed E-state index contributed by atoms with van der Waals surface area (Å²) in [5.41, 5.74) is 0.822. The first-order valence-corrected chi connectivity index (χ1v) is 8.73. The van der Waals surface area contributed by atoms with Crippen LogP contribution in [0.3, 0.4) is 0 Å². The highest BCUT2D eigenvalue weighted by atomic mass is 32.2. The predicted octanol–water partition coefficient (Wildman–Crippen LogP) is 1.90. The topological polar surface area (TPSA) is 46.1 Å². The molecular weight excluding hydrogens is 270 g/mol. The van der Waals surface area contributed by atoms with Gasteiger partial charge in [-0.3, -0.25) is 4.79 Å². The molecule has 0 saturated carbocycles. The zero-order valence-electron chi connectivity index (χ0n) is 11.8. The summed E-state index contributed by atoms with van der Waals surface area (Å²) in [4.78, 5) is 12.4. The van der Waals surface area contributed by atoms with Gasteiger partial charge in [-0.2, -0.15) is 11.8 Å². The number of nitrogens with zero attached hydrogens (tertiary/aromatic N) is 1. The molecule has 2 N–H and O–H groups in total. The molecule has 1 amide bonds. The standard InChI is InChI=1S/C15H23N3OS/c19-15(17-10-12-5-9-20-11-12)14-2-1-8-18(14)13-3-6-16-7-4-13/h1-2,8,12-13,16H,3-7,9-11H2,(H,17,19). The van der Waals surface area contributed by atoms with Crippen LogP contribution in [0, 0.1) is 5.92 Å². The number of piperidine rings is 1. The van der Waals surface area contributed by atoms with Crippen LogP contribution in [0.15, 0.2) is 18.3 Å². The summed E-state index contributed by atoms with van der Waals surface area (Å²) in [6.45, 7) is 2.91. The molecule has 20 heavy (non-hydrogen) atoms. The quantitative estimate of drug-likeness (QED) is 0.891. The first-order chi connectivity index (χ1) is 9.84. The third-order valence-electron chi connectivity index (χ3n) is 4.29. The summed E-state index contributed by atoms with van der Waals surface area (Å²) in [6, 6.07) is 4.40. The van der Waals surface area contributed by atoms with E-state index >= 15 is 0 Å². The zero-order chi connectivity index (χ0) is 13.8. The van der Waals surface area contributed by atoms with Crippen LogP contribution in [0.2, 0.25) is 0 Å². The molecule has 0 radical (unpaired) electrons. The third kappa shape index (κ3) is 3.20. The minimum absolute atomic E-state index is 0.0884. The molecule has 3 heterocycles. The summed E-state index contributed by atoms with van der Waals surface area (Å²) < 4.78 is 2.17. The van der Waals surface area contributed by atoms with Crippen LogP contribution in [0.5, 0.6) is 0 Å². The Morgan fingerprint density at radius 2 is 2.25 bits per heavy atom. The number of carbonyl (C=O) groups excluding carboxylic acids is 1. The molecule has 2 saturated heterocycles. The van der Waals surface area contributed by atoms with E-state index in [1.807, 2.05) is 23.9 Å². The molecule has 0 aliphatic carbocycles. The van der Waals surface area contributed by atoms with Gasteiger partial charge in [0.15, 0.2) is 0 Å². The van der Waals surface area contributed by atoms with Gasteiger partial charge in [0.05, 0.1) is 0 Å². The van der Waals surface area contributed by atoms with Crippen LogP contribution < -0.4 is 10.6 Å². The first kappa shape index (κ1) is 14.0. The van der Waals surface area contributed by atoms with E-state index in [2.05, 4.69) is 21.4 Å². The van der Waals surface area contributed by atoms with Gasteiger partial charge in [-0.25, -0.2) is 0 Å². The second kappa shape index (κ2) is 6.68. The van der Waals surface area contributed by atoms with Gasteiger partial charge >= 0.3 is 0 Å². The molecule has 1 atom stereocenters. The minimum atomic E-state index is 0.0884. The normalized spacial score (nSPS) is 23.9. The molecule has 3 rings (SSSR count). The Balaban J connectivity index is 1.60. The van der Waals surface area contributed by atoms with Crippen molar-refractivity contribution >= 4 is 17.7 Å². The van der Waals surface area contributed by atoms with E-state index in [0.717, 1.165) is 38.2 Å². The van der Waals surface area contributed by atoms with E-state index < -0.39 is 0 Å². The van der Waals surface area contributed by atoms with Gasteiger partial charge in [-0.1, -0.05) is 0 Å². The van der Waals surface area contributed by atoms with E-state index in [4.69, 9.17) is 0 Å². The van der Waals surface area contributed by atoms with Gasteiger partial charge in [0.2, 0.25) is 0 Å². The number of hydrogen-bond donors (Lipinski definition) is 2. The highest BCUT2D eigenvalue weighted by Crippen LogP contribution is 2.23. The Morgan fingerprint density at radius 3 is 3.00 bits per heavy atom. The van der Waals surface area contributed by atoms with Gasteiger partial charge in [-0.05, 0) is 61.9 Å². The second-order valence-corrected chi connectivity index (χ2v) is 6.87. The van der Waals surface area contributed by atoms with E-state index in [1.54, 1.807) is 0 Å². The first-order valence-electron chi connectivity index (χ1n) is 7.58. The maximum Gasteiger partial charge on any atom is 0.267 e. The van der Waals surface area contributed by atoms with Crippen LogP contribution in [-0.4, -0.2) is 41.6 Å². The molecule has 1 aromatic rings. The monoisotopic (exact) mass is 293 g/mol. The summed E-state index contributed by atoms with van der Waals surface area (Å²) in [7, 11) is 0. The Morgan fingerprint density at radius 1 is 1.40 bits per heavy atom. The molecule has 5 heteroatoms. The number of carbonyl (C=O) groups is 1. The molecule has 4 nitrogen and oxygen atoms in total. The van der Waals surface area contributed by atoms with Gasteiger partial charge < -0.3 is 15.2 Å². The smallest absolute Gasteiger partial charge is 0.267 e. The van der Waals surface area contributed by atoms with Gasteiger partial charge in [0, 0.05) is 18.8 Å². The van der Waals surface area contributed by atoms with Crippen LogP contribution in [0.25, 0.3) is 0 Å². The van der Waals surface area contributed by atoms with Crippen molar-refractivity contribution in [3.63, 3.8) is 0 Å². The average molecular weight is 293 g/mol. The molecule has 2 aliphatic heterocycles. The predicted molar refractivity (Wildman–Crippen MR) is 83.3 cm³/mol. The fraction of sp³-hybridized carbons (Fsp3) is 0.667. The molecule has 2 fully saturated rings. The van der Waals surface area contributed by atoms with Crippen molar-refractivity contribution in [3.8, 4) is 0 Å². The zero-order valence-corrected chi connectivity index (χ0v) is 12.6. The summed E-state index contributed by atoms with van der Waals surface area (Å²) >= 11 is 1.99. The van der Waals surface area contributed by atoms with E-state index in [9.17, 15) is 4.79 Å². The van der Waals surface area contributed by atoms with Crippen molar-refractivity contribution in [1.82, 2.24) is 15.2 Å². The summed E-state index contributed by atoms with van der Waals surface area (Å²) in [5.74, 6) is 3.18. The second-order valence-electron chi connectivity index (χ2n) is 5.72. The molecule has 2 aliphatic rings. The molecule has 0 spiro atoms. The highest BCUT2D eigenvalue weighted by Gasteiger charge is 2.21. The lowest BCUT2D eigenvalue weighted by atomic mass is 10.1. The van der Waals surface area contributed by atoms with Crippen molar-refractivity contribution in [3.05, 3.63) is 24.0 Å². The molecule has 1 unspecified atom stereocenters. The summed E-state index contributed by atoms with van der Waals surface area (Å²) in [6.07, 6.45) is 5.50. The highest BCUT2D eigenvalue weighted by molar-refractivity contribution is 7.99. The molecular formula is C15H23N3OS. The molecule has 0 aromatic carbocycles. The van der Waals surface area contributed by atoms with Crippen molar-refractivity contribution in [2.45, 2.75) is 25.3 Å². The van der Waals surface area contributed by atoms with Gasteiger partial charge in [-0.15, -0.1) is 0 Å². The van der Waals surface area contributed by atoms with Crippen molar-refractivity contribution < 1.29 is 4.79 Å². The number of amides is 1. The van der Waals surface area contributed by atoms with Crippen molar-refractivity contribution in [1.29, 1.82) is 0 Å². The van der Waals surface area contributed by atoms with Crippen LogP contribution in [-0.2, 0) is 0 Å². The Bertz CT molecular complexity index is 448. The van der Waals surface area contributed by atoms with Gasteiger partial charge in [0.25, 0.3) is 5.91 Å². The fourth-order valence-corrected chi connectivity index (χ4v) is 4.35. The van der Waals surface area contributed by atoms with E-state index in [1.165, 1.54) is 17.9 Å². The Hall–Kier alpha value is -0.940. The minimum Gasteiger partial charge on any atom is -0.350 e. The molecule has 0 bridgehead atoms. The Labute approximate surface area is 124 Å². The third-order valence-corrected chi connectivity index (χ3v) is 5.52. The lowest BCUT2D eigenvalue weighted by molar-refractivity contribution is 0.0935.